The number of esters is 2. The predicted molar refractivity (Wildman–Crippen MR) is 92.2 cm³/mol. The van der Waals surface area contributed by atoms with Crippen molar-refractivity contribution in [2.24, 2.45) is 5.41 Å². The Labute approximate surface area is 141 Å². The second kappa shape index (κ2) is 12.3. The molecule has 136 valence electrons. The van der Waals surface area contributed by atoms with E-state index < -0.39 is 0 Å². The van der Waals surface area contributed by atoms with Crippen molar-refractivity contribution in [2.45, 2.75) is 65.7 Å². The van der Waals surface area contributed by atoms with Gasteiger partial charge in [0.05, 0.1) is 19.6 Å². The summed E-state index contributed by atoms with van der Waals surface area (Å²) in [5, 5.41) is 0. The summed E-state index contributed by atoms with van der Waals surface area (Å²) in [6, 6.07) is 0. The Balaban J connectivity index is 3.81. The molecule has 0 N–H and O–H groups in total. The average Bonchev–Trinajstić information content (AvgIpc) is 2.49. The van der Waals surface area contributed by atoms with Crippen molar-refractivity contribution in [3.05, 3.63) is 0 Å². The van der Waals surface area contributed by atoms with Crippen LogP contribution in [0.3, 0.4) is 0 Å². The lowest BCUT2D eigenvalue weighted by Crippen LogP contribution is -2.29. The van der Waals surface area contributed by atoms with Crippen molar-refractivity contribution in [3.63, 3.8) is 0 Å². The van der Waals surface area contributed by atoms with E-state index in [0.29, 0.717) is 19.4 Å². The quantitative estimate of drug-likeness (QED) is 0.383. The zero-order chi connectivity index (χ0) is 17.7. The van der Waals surface area contributed by atoms with Gasteiger partial charge in [-0.05, 0) is 20.5 Å². The van der Waals surface area contributed by atoms with E-state index in [1.807, 2.05) is 32.8 Å². The largest absolute Gasteiger partial charge is 0.465 e. The van der Waals surface area contributed by atoms with Crippen LogP contribution in [0.4, 0.5) is 0 Å². The summed E-state index contributed by atoms with van der Waals surface area (Å²) in [4.78, 5) is 25.2. The molecular formula is C18H35NO4. The summed E-state index contributed by atoms with van der Waals surface area (Å²) in [5.74, 6) is -0.373. The summed E-state index contributed by atoms with van der Waals surface area (Å²) < 4.78 is 10.6. The normalized spacial score (nSPS) is 11.6. The molecule has 5 nitrogen and oxygen atoms in total. The van der Waals surface area contributed by atoms with Gasteiger partial charge in [0, 0.05) is 18.4 Å². The Morgan fingerprint density at radius 1 is 0.870 bits per heavy atom. The Kier molecular flexibility index (Phi) is 11.7. The van der Waals surface area contributed by atoms with Crippen molar-refractivity contribution in [1.29, 1.82) is 0 Å². The lowest BCUT2D eigenvalue weighted by Gasteiger charge is -2.23. The molecule has 0 fully saturated rings. The molecule has 0 spiro atoms. The first kappa shape index (κ1) is 21.9. The monoisotopic (exact) mass is 329 g/mol. The standard InChI is InChI=1S/C18H35NO4/c1-6-7-8-9-10-11-16(20)22-14-18(2,3)15-23-17(21)12-13-19(4)5/h6-15H2,1-5H3. The summed E-state index contributed by atoms with van der Waals surface area (Å²) in [6.07, 6.45) is 6.42. The molecule has 0 aromatic carbocycles. The molecule has 0 aromatic heterocycles. The first-order valence-corrected chi connectivity index (χ1v) is 8.73. The molecule has 0 amide bonds. The highest BCUT2D eigenvalue weighted by Gasteiger charge is 2.22. The van der Waals surface area contributed by atoms with Gasteiger partial charge < -0.3 is 14.4 Å². The van der Waals surface area contributed by atoms with Gasteiger partial charge in [0.1, 0.15) is 0 Å². The summed E-state index contributed by atoms with van der Waals surface area (Å²) in [7, 11) is 3.83. The van der Waals surface area contributed by atoms with Crippen LogP contribution in [-0.2, 0) is 19.1 Å². The van der Waals surface area contributed by atoms with Crippen LogP contribution in [0.15, 0.2) is 0 Å². The number of unbranched alkanes of at least 4 members (excludes halogenated alkanes) is 4. The minimum atomic E-state index is -0.356. The second-order valence-corrected chi connectivity index (χ2v) is 7.20. The molecule has 0 saturated heterocycles. The second-order valence-electron chi connectivity index (χ2n) is 7.20. The zero-order valence-corrected chi connectivity index (χ0v) is 15.7. The molecule has 5 heteroatoms. The highest BCUT2D eigenvalue weighted by atomic mass is 16.5. The number of nitrogens with zero attached hydrogens (tertiary/aromatic N) is 1. The summed E-state index contributed by atoms with van der Waals surface area (Å²) >= 11 is 0. The van der Waals surface area contributed by atoms with Crippen LogP contribution in [0.2, 0.25) is 0 Å². The molecule has 23 heavy (non-hydrogen) atoms. The third-order valence-electron chi connectivity index (χ3n) is 3.50. The van der Waals surface area contributed by atoms with E-state index in [1.165, 1.54) is 19.3 Å². The summed E-state index contributed by atoms with van der Waals surface area (Å²) in [6.45, 7) is 7.25. The zero-order valence-electron chi connectivity index (χ0n) is 15.7. The van der Waals surface area contributed by atoms with Crippen LogP contribution in [0, 0.1) is 5.41 Å². The van der Waals surface area contributed by atoms with E-state index in [1.54, 1.807) is 0 Å². The van der Waals surface area contributed by atoms with Gasteiger partial charge in [-0.1, -0.05) is 46.5 Å². The number of hydrogen-bond donors (Lipinski definition) is 0. The first-order valence-electron chi connectivity index (χ1n) is 8.73. The van der Waals surface area contributed by atoms with Crippen LogP contribution in [0.1, 0.15) is 65.7 Å². The lowest BCUT2D eigenvalue weighted by molar-refractivity contribution is -0.152. The molecular weight excluding hydrogens is 294 g/mol. The van der Waals surface area contributed by atoms with Crippen LogP contribution in [0.25, 0.3) is 0 Å². The predicted octanol–water partition coefficient (Wildman–Crippen LogP) is 3.41. The maximum absolute atomic E-state index is 11.7. The van der Waals surface area contributed by atoms with Gasteiger partial charge in [0.15, 0.2) is 0 Å². The Morgan fingerprint density at radius 3 is 1.91 bits per heavy atom. The molecule has 0 radical (unpaired) electrons. The number of ether oxygens (including phenoxy) is 2. The maximum atomic E-state index is 11.7. The molecule has 0 heterocycles. The van der Waals surface area contributed by atoms with Crippen LogP contribution in [0.5, 0.6) is 0 Å². The number of rotatable bonds is 13. The molecule has 0 aliphatic rings. The Hall–Kier alpha value is -1.10. The molecule has 0 unspecified atom stereocenters. The van der Waals surface area contributed by atoms with E-state index in [2.05, 4.69) is 6.92 Å². The fourth-order valence-electron chi connectivity index (χ4n) is 1.93. The molecule has 0 bridgehead atoms. The minimum absolute atomic E-state index is 0.159. The van der Waals surface area contributed by atoms with Crippen LogP contribution < -0.4 is 0 Å². The topological polar surface area (TPSA) is 55.8 Å². The fraction of sp³-hybridized carbons (Fsp3) is 0.889. The third-order valence-corrected chi connectivity index (χ3v) is 3.50. The fourth-order valence-corrected chi connectivity index (χ4v) is 1.93. The van der Waals surface area contributed by atoms with Gasteiger partial charge >= 0.3 is 11.9 Å². The third kappa shape index (κ3) is 14.2. The lowest BCUT2D eigenvalue weighted by atomic mass is 9.96. The summed E-state index contributed by atoms with van der Waals surface area (Å²) in [5.41, 5.74) is -0.356. The van der Waals surface area contributed by atoms with Crippen LogP contribution >= 0.6 is 0 Å². The Bertz CT molecular complexity index is 340. The number of carbonyl (C=O) groups excluding carboxylic acids is 2. The van der Waals surface area contributed by atoms with Gasteiger partial charge in [-0.2, -0.15) is 0 Å². The van der Waals surface area contributed by atoms with Gasteiger partial charge in [0.25, 0.3) is 0 Å². The van der Waals surface area contributed by atoms with E-state index in [0.717, 1.165) is 12.8 Å². The van der Waals surface area contributed by atoms with Crippen LogP contribution in [-0.4, -0.2) is 50.7 Å². The van der Waals surface area contributed by atoms with Crippen molar-refractivity contribution in [1.82, 2.24) is 4.90 Å². The van der Waals surface area contributed by atoms with E-state index in [-0.39, 0.29) is 30.6 Å². The van der Waals surface area contributed by atoms with Gasteiger partial charge in [-0.3, -0.25) is 9.59 Å². The van der Waals surface area contributed by atoms with E-state index in [9.17, 15) is 9.59 Å². The average molecular weight is 329 g/mol. The highest BCUT2D eigenvalue weighted by molar-refractivity contribution is 5.70. The van der Waals surface area contributed by atoms with Gasteiger partial charge in [0.2, 0.25) is 0 Å². The minimum Gasteiger partial charge on any atom is -0.465 e. The number of hydrogen-bond acceptors (Lipinski definition) is 5. The maximum Gasteiger partial charge on any atom is 0.307 e. The molecule has 0 saturated carbocycles. The van der Waals surface area contributed by atoms with E-state index >= 15 is 0 Å². The molecule has 0 aromatic rings. The van der Waals surface area contributed by atoms with Crippen molar-refractivity contribution in [3.8, 4) is 0 Å². The first-order chi connectivity index (χ1) is 10.8. The molecule has 0 aliphatic heterocycles. The number of carbonyl (C=O) groups is 2. The van der Waals surface area contributed by atoms with E-state index in [4.69, 9.17) is 9.47 Å². The van der Waals surface area contributed by atoms with Crippen molar-refractivity contribution < 1.29 is 19.1 Å². The smallest absolute Gasteiger partial charge is 0.307 e. The Morgan fingerprint density at radius 2 is 1.39 bits per heavy atom. The molecule has 0 aliphatic carbocycles. The van der Waals surface area contributed by atoms with Gasteiger partial charge in [-0.25, -0.2) is 0 Å². The van der Waals surface area contributed by atoms with Crippen molar-refractivity contribution >= 4 is 11.9 Å². The van der Waals surface area contributed by atoms with Gasteiger partial charge in [-0.15, -0.1) is 0 Å². The SMILES string of the molecule is CCCCCCCC(=O)OCC(C)(C)COC(=O)CCN(C)C. The van der Waals surface area contributed by atoms with Crippen molar-refractivity contribution in [2.75, 3.05) is 33.9 Å². The molecule has 0 rings (SSSR count). The molecule has 0 atom stereocenters. The highest BCUT2D eigenvalue weighted by Crippen LogP contribution is 2.17.